The van der Waals surface area contributed by atoms with Crippen molar-refractivity contribution in [1.29, 1.82) is 0 Å². The standard InChI is InChI=1S/C28H26N2O6S.C3H8O/c1-4-23-22-13-9-10-14-24(22)30(37(34,35)21-17-15-19(3)16-18-21)26(32)28(23,27(33)36-5-2)29-25(31)20-11-7-6-8-12-20;1-3(2)4/h4,6-18,23H,1,5H2,2-3H3,(H,29,31);3-4H,1-2H3/t23-,28+;/m0./s1. The summed E-state index contributed by atoms with van der Waals surface area (Å²) in [6.07, 6.45) is 1.18. The van der Waals surface area contributed by atoms with Crippen molar-refractivity contribution in [2.45, 2.75) is 50.2 Å². The van der Waals surface area contributed by atoms with Crippen LogP contribution in [0.25, 0.3) is 0 Å². The van der Waals surface area contributed by atoms with E-state index >= 15 is 0 Å². The highest BCUT2D eigenvalue weighted by Crippen LogP contribution is 2.45. The summed E-state index contributed by atoms with van der Waals surface area (Å²) in [5, 5.41) is 10.6. The van der Waals surface area contributed by atoms with E-state index in [2.05, 4.69) is 11.9 Å². The Balaban J connectivity index is 0.00000108. The van der Waals surface area contributed by atoms with E-state index in [1.807, 2.05) is 0 Å². The number of aliphatic hydroxyl groups excluding tert-OH is 1. The summed E-state index contributed by atoms with van der Waals surface area (Å²) in [6.45, 7) is 10.5. The molecule has 1 aliphatic rings. The summed E-state index contributed by atoms with van der Waals surface area (Å²) < 4.78 is 33.7. The Morgan fingerprint density at radius 3 is 2.17 bits per heavy atom. The molecule has 216 valence electrons. The Kier molecular flexibility index (Phi) is 9.85. The summed E-state index contributed by atoms with van der Waals surface area (Å²) in [5.41, 5.74) is -1.06. The van der Waals surface area contributed by atoms with Crippen molar-refractivity contribution >= 4 is 33.5 Å². The molecule has 0 aromatic heterocycles. The molecule has 0 radical (unpaired) electrons. The fourth-order valence-electron chi connectivity index (χ4n) is 4.41. The van der Waals surface area contributed by atoms with Gasteiger partial charge in [0.05, 0.1) is 17.2 Å². The van der Waals surface area contributed by atoms with Gasteiger partial charge in [-0.25, -0.2) is 13.2 Å². The normalized spacial score (nSPS) is 18.0. The van der Waals surface area contributed by atoms with Gasteiger partial charge in [-0.05, 0) is 63.6 Å². The number of esters is 1. The lowest BCUT2D eigenvalue weighted by molar-refractivity contribution is -0.155. The van der Waals surface area contributed by atoms with E-state index in [-0.39, 0.29) is 28.9 Å². The minimum Gasteiger partial charge on any atom is -0.464 e. The number of nitrogens with one attached hydrogen (secondary N) is 1. The zero-order valence-electron chi connectivity index (χ0n) is 23.4. The molecule has 0 fully saturated rings. The number of sulfonamides is 1. The van der Waals surface area contributed by atoms with Crippen molar-refractivity contribution in [3.05, 3.63) is 108 Å². The van der Waals surface area contributed by atoms with Crippen LogP contribution in [0.3, 0.4) is 0 Å². The van der Waals surface area contributed by atoms with Crippen LogP contribution in [-0.4, -0.2) is 49.6 Å². The van der Waals surface area contributed by atoms with Gasteiger partial charge in [0.25, 0.3) is 21.8 Å². The SMILES string of the molecule is C=C[C@H]1c2ccccc2N(S(=O)(=O)c2ccc(C)cc2)C(=O)[C@@]1(NC(=O)c1ccccc1)C(=O)OCC.CC(C)O. The Morgan fingerprint density at radius 1 is 1.05 bits per heavy atom. The predicted octanol–water partition coefficient (Wildman–Crippen LogP) is 4.12. The average Bonchev–Trinajstić information content (AvgIpc) is 2.93. The molecule has 41 heavy (non-hydrogen) atoms. The molecule has 0 aliphatic carbocycles. The lowest BCUT2D eigenvalue weighted by Gasteiger charge is -2.44. The maximum atomic E-state index is 14.3. The number of fused-ring (bicyclic) bond motifs is 1. The molecule has 2 amide bonds. The molecule has 9 nitrogen and oxygen atoms in total. The maximum absolute atomic E-state index is 14.3. The number of rotatable bonds is 7. The van der Waals surface area contributed by atoms with E-state index in [0.29, 0.717) is 9.87 Å². The van der Waals surface area contributed by atoms with Crippen molar-refractivity contribution in [1.82, 2.24) is 5.32 Å². The van der Waals surface area contributed by atoms with Gasteiger partial charge < -0.3 is 15.2 Å². The number of ether oxygens (including phenoxy) is 1. The lowest BCUT2D eigenvalue weighted by atomic mass is 9.74. The van der Waals surface area contributed by atoms with Crippen LogP contribution in [-0.2, 0) is 24.3 Å². The largest absolute Gasteiger partial charge is 0.464 e. The first-order valence-electron chi connectivity index (χ1n) is 13.0. The summed E-state index contributed by atoms with van der Waals surface area (Å²) in [4.78, 5) is 41.1. The highest BCUT2D eigenvalue weighted by molar-refractivity contribution is 7.93. The van der Waals surface area contributed by atoms with Gasteiger partial charge in [0, 0.05) is 17.6 Å². The second-order valence-electron chi connectivity index (χ2n) is 9.60. The second kappa shape index (κ2) is 12.9. The van der Waals surface area contributed by atoms with Crippen LogP contribution in [0.15, 0.2) is 96.4 Å². The van der Waals surface area contributed by atoms with Crippen LogP contribution < -0.4 is 9.62 Å². The van der Waals surface area contributed by atoms with E-state index in [1.54, 1.807) is 76.2 Å². The fraction of sp³-hybridized carbons (Fsp3) is 0.258. The number of aryl methyl sites for hydroxylation is 1. The van der Waals surface area contributed by atoms with Crippen molar-refractivity contribution in [3.63, 3.8) is 0 Å². The van der Waals surface area contributed by atoms with Crippen LogP contribution >= 0.6 is 0 Å². The molecule has 2 atom stereocenters. The highest BCUT2D eigenvalue weighted by Gasteiger charge is 2.62. The van der Waals surface area contributed by atoms with Crippen LogP contribution in [0.1, 0.15) is 48.2 Å². The second-order valence-corrected chi connectivity index (χ2v) is 11.4. The Bertz CT molecular complexity index is 1520. The molecule has 2 N–H and O–H groups in total. The third-order valence-corrected chi connectivity index (χ3v) is 7.93. The quantitative estimate of drug-likeness (QED) is 0.245. The predicted molar refractivity (Wildman–Crippen MR) is 156 cm³/mol. The van der Waals surface area contributed by atoms with Gasteiger partial charge >= 0.3 is 5.97 Å². The summed E-state index contributed by atoms with van der Waals surface area (Å²) in [5.74, 6) is -4.12. The molecule has 0 unspecified atom stereocenters. The zero-order chi connectivity index (χ0) is 30.4. The number of hydrogen-bond acceptors (Lipinski definition) is 7. The maximum Gasteiger partial charge on any atom is 0.342 e. The van der Waals surface area contributed by atoms with Crippen molar-refractivity contribution in [3.8, 4) is 0 Å². The third-order valence-electron chi connectivity index (χ3n) is 6.22. The smallest absolute Gasteiger partial charge is 0.342 e. The molecule has 0 saturated carbocycles. The van der Waals surface area contributed by atoms with Crippen LogP contribution in [0.5, 0.6) is 0 Å². The Labute approximate surface area is 240 Å². The minimum atomic E-state index is -4.50. The van der Waals surface area contributed by atoms with Gasteiger partial charge in [0.15, 0.2) is 0 Å². The Morgan fingerprint density at radius 2 is 1.61 bits per heavy atom. The van der Waals surface area contributed by atoms with Gasteiger partial charge in [0.1, 0.15) is 0 Å². The molecule has 1 aliphatic heterocycles. The number of carbonyl (C=O) groups is 3. The van der Waals surface area contributed by atoms with Gasteiger partial charge in [0.2, 0.25) is 5.54 Å². The first-order valence-corrected chi connectivity index (χ1v) is 14.5. The summed E-state index contributed by atoms with van der Waals surface area (Å²) >= 11 is 0. The first kappa shape index (κ1) is 31.3. The van der Waals surface area contributed by atoms with E-state index in [9.17, 15) is 22.8 Å². The molecule has 0 bridgehead atoms. The molecule has 4 rings (SSSR count). The number of carbonyl (C=O) groups excluding carboxylic acids is 3. The molecule has 3 aromatic carbocycles. The van der Waals surface area contributed by atoms with Crippen molar-refractivity contribution < 1.29 is 32.6 Å². The molecule has 0 saturated heterocycles. The van der Waals surface area contributed by atoms with E-state index < -0.39 is 39.3 Å². The number of nitrogens with zero attached hydrogens (tertiary/aromatic N) is 1. The lowest BCUT2D eigenvalue weighted by Crippen LogP contribution is -2.70. The topological polar surface area (TPSA) is 130 Å². The number of anilines is 1. The zero-order valence-corrected chi connectivity index (χ0v) is 24.2. The van der Waals surface area contributed by atoms with Gasteiger partial charge in [-0.15, -0.1) is 6.58 Å². The minimum absolute atomic E-state index is 0.0619. The molecule has 10 heteroatoms. The molecule has 3 aromatic rings. The van der Waals surface area contributed by atoms with E-state index in [1.165, 1.54) is 36.4 Å². The monoisotopic (exact) mass is 578 g/mol. The number of aliphatic hydroxyl groups is 1. The highest BCUT2D eigenvalue weighted by atomic mass is 32.2. The average molecular weight is 579 g/mol. The van der Waals surface area contributed by atoms with Crippen molar-refractivity contribution in [2.75, 3.05) is 10.9 Å². The summed E-state index contributed by atoms with van der Waals surface area (Å²) in [7, 11) is -4.50. The molecule has 0 spiro atoms. The first-order chi connectivity index (χ1) is 19.4. The number of amides is 2. The van der Waals surface area contributed by atoms with Crippen LogP contribution in [0.4, 0.5) is 5.69 Å². The number of benzene rings is 3. The van der Waals surface area contributed by atoms with E-state index in [4.69, 9.17) is 9.84 Å². The van der Waals surface area contributed by atoms with Gasteiger partial charge in [-0.1, -0.05) is 60.2 Å². The fourth-order valence-corrected chi connectivity index (χ4v) is 5.89. The van der Waals surface area contributed by atoms with Gasteiger partial charge in [-0.3, -0.25) is 9.59 Å². The van der Waals surface area contributed by atoms with Crippen LogP contribution in [0, 0.1) is 6.92 Å². The third kappa shape index (κ3) is 6.23. The molecule has 1 heterocycles. The summed E-state index contributed by atoms with van der Waals surface area (Å²) in [6, 6.07) is 20.3. The number of hydrogen-bond donors (Lipinski definition) is 2. The van der Waals surface area contributed by atoms with Crippen molar-refractivity contribution in [2.24, 2.45) is 0 Å². The molecular formula is C31H34N2O7S. The Hall–Kier alpha value is -4.28. The van der Waals surface area contributed by atoms with Crippen LogP contribution in [0.2, 0.25) is 0 Å². The van der Waals surface area contributed by atoms with E-state index in [0.717, 1.165) is 5.56 Å². The van der Waals surface area contributed by atoms with Gasteiger partial charge in [-0.2, -0.15) is 4.31 Å². The number of para-hydroxylation sites is 1. The molecular weight excluding hydrogens is 544 g/mol.